The van der Waals surface area contributed by atoms with Crippen molar-refractivity contribution in [3.8, 4) is 0 Å². The molecule has 1 atom stereocenters. The Balaban J connectivity index is 1.88. The molecule has 0 radical (unpaired) electrons. The maximum atomic E-state index is 13.1. The number of hydrogen-bond acceptors (Lipinski definition) is 3. The highest BCUT2D eigenvalue weighted by molar-refractivity contribution is 8.00. The Hall–Kier alpha value is -2.30. The van der Waals surface area contributed by atoms with Gasteiger partial charge >= 0.3 is 0 Å². The quantitative estimate of drug-likeness (QED) is 0.565. The van der Waals surface area contributed by atoms with Gasteiger partial charge in [-0.2, -0.15) is 0 Å². The normalized spacial score (nSPS) is 11.8. The van der Waals surface area contributed by atoms with Gasteiger partial charge in [-0.15, -0.1) is 0 Å². The van der Waals surface area contributed by atoms with Crippen LogP contribution in [0.2, 0.25) is 5.02 Å². The molecule has 1 heterocycles. The molecule has 0 spiro atoms. The highest BCUT2D eigenvalue weighted by Crippen LogP contribution is 2.35. The molecule has 1 amide bonds. The van der Waals surface area contributed by atoms with Gasteiger partial charge in [0.25, 0.3) is 0 Å². The molecular weight excluding hydrogens is 364 g/mol. The van der Waals surface area contributed by atoms with Gasteiger partial charge in [-0.1, -0.05) is 65.8 Å². The summed E-state index contributed by atoms with van der Waals surface area (Å²) < 4.78 is 0. The van der Waals surface area contributed by atoms with Crippen LogP contribution in [0.5, 0.6) is 0 Å². The van der Waals surface area contributed by atoms with Gasteiger partial charge in [0.1, 0.15) is 5.25 Å². The molecule has 3 nitrogen and oxygen atoms in total. The lowest BCUT2D eigenvalue weighted by Crippen LogP contribution is -2.19. The van der Waals surface area contributed by atoms with Crippen LogP contribution < -0.4 is 5.32 Å². The molecule has 1 unspecified atom stereocenters. The molecule has 0 fully saturated rings. The predicted molar refractivity (Wildman–Crippen MR) is 109 cm³/mol. The van der Waals surface area contributed by atoms with Gasteiger partial charge in [0.05, 0.1) is 10.0 Å². The van der Waals surface area contributed by atoms with Gasteiger partial charge in [0.15, 0.2) is 0 Å². The minimum absolute atomic E-state index is 0.0772. The second kappa shape index (κ2) is 8.39. The lowest BCUT2D eigenvalue weighted by atomic mass is 10.1. The number of amides is 1. The molecule has 0 aliphatic rings. The summed E-state index contributed by atoms with van der Waals surface area (Å²) in [5, 5.41) is 3.98. The Kier molecular flexibility index (Phi) is 5.96. The Morgan fingerprint density at radius 1 is 1.08 bits per heavy atom. The van der Waals surface area contributed by atoms with Crippen LogP contribution in [0, 0.1) is 13.8 Å². The number of aromatic nitrogens is 1. The summed E-state index contributed by atoms with van der Waals surface area (Å²) in [5.41, 5.74) is 3.90. The van der Waals surface area contributed by atoms with Crippen LogP contribution in [0.25, 0.3) is 0 Å². The number of halogens is 1. The third-order valence-corrected chi connectivity index (χ3v) is 5.36. The first-order chi connectivity index (χ1) is 12.5. The summed E-state index contributed by atoms with van der Waals surface area (Å²) in [7, 11) is 0. The van der Waals surface area contributed by atoms with Crippen LogP contribution >= 0.6 is 23.4 Å². The Morgan fingerprint density at radius 2 is 1.85 bits per heavy atom. The molecule has 5 heteroatoms. The van der Waals surface area contributed by atoms with Crippen molar-refractivity contribution in [3.63, 3.8) is 0 Å². The van der Waals surface area contributed by atoms with Crippen LogP contribution in [0.1, 0.15) is 21.9 Å². The number of carbonyl (C=O) groups excluding carboxylic acids is 1. The van der Waals surface area contributed by atoms with E-state index in [0.29, 0.717) is 5.02 Å². The van der Waals surface area contributed by atoms with Crippen LogP contribution in [-0.2, 0) is 4.79 Å². The molecule has 0 saturated carbocycles. The minimum Gasteiger partial charge on any atom is -0.325 e. The van der Waals surface area contributed by atoms with Crippen molar-refractivity contribution in [1.82, 2.24) is 4.98 Å². The molecular formula is C21H19ClN2OS. The summed E-state index contributed by atoms with van der Waals surface area (Å²) in [4.78, 5) is 17.4. The molecule has 0 saturated heterocycles. The number of anilines is 1. The zero-order valence-electron chi connectivity index (χ0n) is 14.6. The maximum Gasteiger partial charge on any atom is 0.242 e. The first kappa shape index (κ1) is 18.5. The zero-order chi connectivity index (χ0) is 18.5. The van der Waals surface area contributed by atoms with Crippen molar-refractivity contribution in [2.24, 2.45) is 0 Å². The summed E-state index contributed by atoms with van der Waals surface area (Å²) in [5.74, 6) is -0.0772. The van der Waals surface area contributed by atoms with E-state index in [-0.39, 0.29) is 5.91 Å². The molecule has 0 bridgehead atoms. The van der Waals surface area contributed by atoms with Gasteiger partial charge in [-0.05, 0) is 48.7 Å². The van der Waals surface area contributed by atoms with Crippen molar-refractivity contribution in [3.05, 3.63) is 88.6 Å². The highest BCUT2D eigenvalue weighted by atomic mass is 35.5. The average molecular weight is 383 g/mol. The topological polar surface area (TPSA) is 42.0 Å². The van der Waals surface area contributed by atoms with Crippen molar-refractivity contribution in [2.75, 3.05) is 5.32 Å². The maximum absolute atomic E-state index is 13.1. The van der Waals surface area contributed by atoms with E-state index >= 15 is 0 Å². The average Bonchev–Trinajstić information content (AvgIpc) is 2.65. The number of aryl methyl sites for hydroxylation is 2. The van der Waals surface area contributed by atoms with Crippen molar-refractivity contribution in [2.45, 2.75) is 24.1 Å². The Morgan fingerprint density at radius 3 is 2.54 bits per heavy atom. The standard InChI is InChI=1S/C21H19ClN2OS/c1-14-8-9-15(2)18(12-14)24-21(25)20(16-6-4-3-5-7-16)26-19-11-10-17(22)13-23-19/h3-13,20H,1-2H3,(H,24,25). The number of benzene rings is 2. The van der Waals surface area contributed by atoms with Crippen LogP contribution in [-0.4, -0.2) is 10.9 Å². The van der Waals surface area contributed by atoms with E-state index in [1.807, 2.05) is 68.4 Å². The van der Waals surface area contributed by atoms with Crippen LogP contribution in [0.3, 0.4) is 0 Å². The zero-order valence-corrected chi connectivity index (χ0v) is 16.1. The van der Waals surface area contributed by atoms with Crippen LogP contribution in [0.15, 0.2) is 71.9 Å². The summed E-state index contributed by atoms with van der Waals surface area (Å²) in [6, 6.07) is 19.4. The minimum atomic E-state index is -0.412. The third kappa shape index (κ3) is 4.65. The molecule has 2 aromatic carbocycles. The number of carbonyl (C=O) groups is 1. The summed E-state index contributed by atoms with van der Waals surface area (Å²) in [6.45, 7) is 4.00. The predicted octanol–water partition coefficient (Wildman–Crippen LogP) is 5.82. The largest absolute Gasteiger partial charge is 0.325 e. The summed E-state index contributed by atoms with van der Waals surface area (Å²) >= 11 is 7.32. The van der Waals surface area contributed by atoms with Crippen molar-refractivity contribution in [1.29, 1.82) is 0 Å². The van der Waals surface area contributed by atoms with E-state index in [1.54, 1.807) is 12.3 Å². The number of thioether (sulfide) groups is 1. The third-order valence-electron chi connectivity index (χ3n) is 3.93. The number of nitrogens with one attached hydrogen (secondary N) is 1. The molecule has 3 rings (SSSR count). The van der Waals surface area contributed by atoms with Gasteiger partial charge in [0, 0.05) is 11.9 Å². The molecule has 1 aromatic heterocycles. The van der Waals surface area contributed by atoms with E-state index in [2.05, 4.69) is 10.3 Å². The van der Waals surface area contributed by atoms with Crippen molar-refractivity contribution >= 4 is 35.0 Å². The highest BCUT2D eigenvalue weighted by Gasteiger charge is 2.23. The monoisotopic (exact) mass is 382 g/mol. The van der Waals surface area contributed by atoms with Gasteiger partial charge in [-0.3, -0.25) is 4.79 Å². The summed E-state index contributed by atoms with van der Waals surface area (Å²) in [6.07, 6.45) is 1.59. The Bertz CT molecular complexity index is 898. The van der Waals surface area contributed by atoms with E-state index in [0.717, 1.165) is 27.4 Å². The molecule has 1 N–H and O–H groups in total. The fraction of sp³-hybridized carbons (Fsp3) is 0.143. The second-order valence-electron chi connectivity index (χ2n) is 6.03. The second-order valence-corrected chi connectivity index (χ2v) is 7.59. The van der Waals surface area contributed by atoms with E-state index in [1.165, 1.54) is 11.8 Å². The lowest BCUT2D eigenvalue weighted by Gasteiger charge is -2.18. The number of hydrogen-bond donors (Lipinski definition) is 1. The van der Waals surface area contributed by atoms with E-state index < -0.39 is 5.25 Å². The van der Waals surface area contributed by atoms with E-state index in [9.17, 15) is 4.79 Å². The number of rotatable bonds is 5. The lowest BCUT2D eigenvalue weighted by molar-refractivity contribution is -0.115. The number of nitrogens with zero attached hydrogens (tertiary/aromatic N) is 1. The van der Waals surface area contributed by atoms with Gasteiger partial charge < -0.3 is 5.32 Å². The van der Waals surface area contributed by atoms with Crippen LogP contribution in [0.4, 0.5) is 5.69 Å². The van der Waals surface area contributed by atoms with Gasteiger partial charge in [-0.25, -0.2) is 4.98 Å². The molecule has 0 aliphatic heterocycles. The fourth-order valence-electron chi connectivity index (χ4n) is 2.52. The first-order valence-corrected chi connectivity index (χ1v) is 9.50. The smallest absolute Gasteiger partial charge is 0.242 e. The molecule has 26 heavy (non-hydrogen) atoms. The molecule has 0 aliphatic carbocycles. The van der Waals surface area contributed by atoms with Gasteiger partial charge in [0.2, 0.25) is 5.91 Å². The molecule has 3 aromatic rings. The van der Waals surface area contributed by atoms with Crippen molar-refractivity contribution < 1.29 is 4.79 Å². The SMILES string of the molecule is Cc1ccc(C)c(NC(=O)C(Sc2ccc(Cl)cn2)c2ccccc2)c1. The molecule has 132 valence electrons. The van der Waals surface area contributed by atoms with E-state index in [4.69, 9.17) is 11.6 Å². The number of pyridine rings is 1. The first-order valence-electron chi connectivity index (χ1n) is 8.24. The Labute approximate surface area is 162 Å². The fourth-order valence-corrected chi connectivity index (χ4v) is 3.59.